The van der Waals surface area contributed by atoms with Crippen molar-refractivity contribution in [3.63, 3.8) is 0 Å². The first-order valence-corrected chi connectivity index (χ1v) is 9.73. The first-order chi connectivity index (χ1) is 12.1. The third-order valence-electron chi connectivity index (χ3n) is 4.95. The summed E-state index contributed by atoms with van der Waals surface area (Å²) in [6.45, 7) is 8.47. The van der Waals surface area contributed by atoms with E-state index in [-0.39, 0.29) is 25.0 Å². The van der Waals surface area contributed by atoms with Crippen molar-refractivity contribution >= 4 is 5.78 Å². The van der Waals surface area contributed by atoms with Crippen LogP contribution in [-0.4, -0.2) is 70.0 Å². The lowest BCUT2D eigenvalue weighted by molar-refractivity contribution is -0.317. The second-order valence-electron chi connectivity index (χ2n) is 8.21. The number of unbranched alkanes of at least 4 members (excludes halogenated alkanes) is 1. The minimum atomic E-state index is -1.91. The van der Waals surface area contributed by atoms with Crippen LogP contribution in [-0.2, 0) is 9.53 Å². The molecule has 0 spiro atoms. The Labute approximate surface area is 156 Å². The summed E-state index contributed by atoms with van der Waals surface area (Å²) in [7, 11) is 0. The SMILES string of the molecule is CC(C)CC(CCCCNCC1(O)OCC(O)C(O)C1O)C(=O)C(C)C. The van der Waals surface area contributed by atoms with Gasteiger partial charge in [0.15, 0.2) is 0 Å². The van der Waals surface area contributed by atoms with E-state index in [0.717, 1.165) is 25.7 Å². The summed E-state index contributed by atoms with van der Waals surface area (Å²) in [6, 6.07) is 0. The van der Waals surface area contributed by atoms with Crippen molar-refractivity contribution in [2.24, 2.45) is 17.8 Å². The van der Waals surface area contributed by atoms with Gasteiger partial charge >= 0.3 is 0 Å². The predicted molar refractivity (Wildman–Crippen MR) is 98.4 cm³/mol. The zero-order valence-electron chi connectivity index (χ0n) is 16.5. The molecular weight excluding hydrogens is 338 g/mol. The Morgan fingerprint density at radius 2 is 1.85 bits per heavy atom. The summed E-state index contributed by atoms with van der Waals surface area (Å²) in [5.74, 6) is -0.946. The maximum Gasteiger partial charge on any atom is 0.207 e. The molecule has 0 aromatic carbocycles. The van der Waals surface area contributed by atoms with Crippen molar-refractivity contribution < 1.29 is 30.0 Å². The molecule has 1 aliphatic rings. The van der Waals surface area contributed by atoms with Crippen LogP contribution in [0.1, 0.15) is 53.4 Å². The fourth-order valence-electron chi connectivity index (χ4n) is 3.37. The summed E-state index contributed by atoms with van der Waals surface area (Å²) in [5.41, 5.74) is 0. The van der Waals surface area contributed by atoms with Gasteiger partial charge in [0.05, 0.1) is 13.2 Å². The van der Waals surface area contributed by atoms with Gasteiger partial charge in [-0.15, -0.1) is 0 Å². The van der Waals surface area contributed by atoms with Crippen LogP contribution < -0.4 is 5.32 Å². The molecule has 0 aromatic rings. The number of ketones is 1. The zero-order chi connectivity index (χ0) is 19.9. The molecule has 5 atom stereocenters. The smallest absolute Gasteiger partial charge is 0.207 e. The number of hydrogen-bond donors (Lipinski definition) is 5. The van der Waals surface area contributed by atoms with Crippen molar-refractivity contribution in [1.29, 1.82) is 0 Å². The van der Waals surface area contributed by atoms with Gasteiger partial charge in [0.2, 0.25) is 5.79 Å². The van der Waals surface area contributed by atoms with Gasteiger partial charge in [-0.25, -0.2) is 0 Å². The van der Waals surface area contributed by atoms with Gasteiger partial charge in [-0.1, -0.05) is 34.1 Å². The summed E-state index contributed by atoms with van der Waals surface area (Å²) in [4.78, 5) is 12.3. The average molecular weight is 376 g/mol. The summed E-state index contributed by atoms with van der Waals surface area (Å²) < 4.78 is 5.10. The van der Waals surface area contributed by atoms with Gasteiger partial charge in [0.25, 0.3) is 0 Å². The van der Waals surface area contributed by atoms with Crippen molar-refractivity contribution in [3.8, 4) is 0 Å². The molecule has 0 amide bonds. The molecule has 7 heteroatoms. The van der Waals surface area contributed by atoms with E-state index in [4.69, 9.17) is 4.74 Å². The lowest BCUT2D eigenvalue weighted by Crippen LogP contribution is -2.64. The molecule has 0 bridgehead atoms. The number of aliphatic hydroxyl groups is 4. The molecule has 154 valence electrons. The van der Waals surface area contributed by atoms with E-state index in [1.807, 2.05) is 13.8 Å². The fourth-order valence-corrected chi connectivity index (χ4v) is 3.37. The Morgan fingerprint density at radius 1 is 1.19 bits per heavy atom. The first kappa shape index (κ1) is 23.5. The van der Waals surface area contributed by atoms with Crippen LogP contribution in [0.2, 0.25) is 0 Å². The van der Waals surface area contributed by atoms with Crippen molar-refractivity contribution in [1.82, 2.24) is 5.32 Å². The molecule has 1 rings (SSSR count). The molecule has 5 N–H and O–H groups in total. The standard InChI is InChI=1S/C19H37NO6/c1-12(2)9-14(16(22)13(3)4)7-5-6-8-20-11-19(25)18(24)17(23)15(21)10-26-19/h12-15,17-18,20-21,23-25H,5-11H2,1-4H3. The number of Topliss-reactive ketones (excluding diaryl/α,β-unsaturated/α-hetero) is 1. The Balaban J connectivity index is 2.32. The second-order valence-corrected chi connectivity index (χ2v) is 8.21. The van der Waals surface area contributed by atoms with Gasteiger partial charge in [-0.2, -0.15) is 0 Å². The third kappa shape index (κ3) is 6.87. The van der Waals surface area contributed by atoms with Gasteiger partial charge < -0.3 is 30.5 Å². The van der Waals surface area contributed by atoms with Crippen LogP contribution in [0.15, 0.2) is 0 Å². The van der Waals surface area contributed by atoms with Crippen LogP contribution in [0.5, 0.6) is 0 Å². The highest BCUT2D eigenvalue weighted by Gasteiger charge is 2.48. The van der Waals surface area contributed by atoms with Gasteiger partial charge in [0.1, 0.15) is 24.1 Å². The minimum Gasteiger partial charge on any atom is -0.388 e. The number of nitrogens with one attached hydrogen (secondary N) is 1. The number of rotatable bonds is 11. The fraction of sp³-hybridized carbons (Fsp3) is 0.947. The zero-order valence-corrected chi connectivity index (χ0v) is 16.5. The Morgan fingerprint density at radius 3 is 2.42 bits per heavy atom. The van der Waals surface area contributed by atoms with Gasteiger partial charge in [-0.05, 0) is 31.7 Å². The van der Waals surface area contributed by atoms with E-state index in [9.17, 15) is 25.2 Å². The van der Waals surface area contributed by atoms with Crippen molar-refractivity contribution in [3.05, 3.63) is 0 Å². The topological polar surface area (TPSA) is 119 Å². The van der Waals surface area contributed by atoms with Crippen LogP contribution in [0.25, 0.3) is 0 Å². The number of aliphatic hydroxyl groups excluding tert-OH is 3. The van der Waals surface area contributed by atoms with Crippen LogP contribution >= 0.6 is 0 Å². The average Bonchev–Trinajstić information content (AvgIpc) is 2.57. The van der Waals surface area contributed by atoms with Crippen LogP contribution in [0.3, 0.4) is 0 Å². The van der Waals surface area contributed by atoms with Gasteiger partial charge in [-0.3, -0.25) is 4.79 Å². The van der Waals surface area contributed by atoms with E-state index in [0.29, 0.717) is 18.2 Å². The molecule has 1 aliphatic heterocycles. The van der Waals surface area contributed by atoms with Gasteiger partial charge in [0, 0.05) is 11.8 Å². The Hall–Kier alpha value is -0.570. The molecular formula is C19H37NO6. The molecule has 7 nitrogen and oxygen atoms in total. The van der Waals surface area contributed by atoms with Crippen LogP contribution in [0, 0.1) is 17.8 Å². The monoisotopic (exact) mass is 375 g/mol. The number of hydrogen-bond acceptors (Lipinski definition) is 7. The summed E-state index contributed by atoms with van der Waals surface area (Å²) >= 11 is 0. The molecule has 0 aromatic heterocycles. The molecule has 1 saturated heterocycles. The molecule has 1 fully saturated rings. The van der Waals surface area contributed by atoms with Crippen molar-refractivity contribution in [2.75, 3.05) is 19.7 Å². The Bertz CT molecular complexity index is 430. The lowest BCUT2D eigenvalue weighted by Gasteiger charge is -2.41. The molecule has 0 saturated carbocycles. The highest BCUT2D eigenvalue weighted by atomic mass is 16.6. The molecule has 0 aliphatic carbocycles. The number of carbonyl (C=O) groups is 1. The predicted octanol–water partition coefficient (Wildman–Crippen LogP) is 0.435. The lowest BCUT2D eigenvalue weighted by atomic mass is 9.84. The minimum absolute atomic E-state index is 0.0434. The van der Waals surface area contributed by atoms with Crippen molar-refractivity contribution in [2.45, 2.75) is 77.5 Å². The number of carbonyl (C=O) groups excluding carboxylic acids is 1. The molecule has 0 radical (unpaired) electrons. The van der Waals surface area contributed by atoms with E-state index in [1.54, 1.807) is 0 Å². The maximum atomic E-state index is 12.3. The Kier molecular flexibility index (Phi) is 9.64. The van der Waals surface area contributed by atoms with Crippen LogP contribution in [0.4, 0.5) is 0 Å². The normalized spacial score (nSPS) is 30.8. The summed E-state index contributed by atoms with van der Waals surface area (Å²) in [5, 5.41) is 42.2. The number of ether oxygens (including phenoxy) is 1. The molecule has 1 heterocycles. The quantitative estimate of drug-likeness (QED) is 0.332. The highest BCUT2D eigenvalue weighted by Crippen LogP contribution is 2.24. The van der Waals surface area contributed by atoms with E-state index in [1.165, 1.54) is 0 Å². The maximum absolute atomic E-state index is 12.3. The largest absolute Gasteiger partial charge is 0.388 e. The third-order valence-corrected chi connectivity index (χ3v) is 4.95. The second kappa shape index (κ2) is 10.7. The first-order valence-electron chi connectivity index (χ1n) is 9.73. The summed E-state index contributed by atoms with van der Waals surface area (Å²) in [6.07, 6.45) is -0.729. The van der Waals surface area contributed by atoms with E-state index >= 15 is 0 Å². The van der Waals surface area contributed by atoms with E-state index in [2.05, 4.69) is 19.2 Å². The van der Waals surface area contributed by atoms with E-state index < -0.39 is 24.1 Å². The highest BCUT2D eigenvalue weighted by molar-refractivity contribution is 5.82. The molecule has 5 unspecified atom stereocenters. The molecule has 26 heavy (non-hydrogen) atoms.